The molecule has 0 aromatic carbocycles. The lowest BCUT2D eigenvalue weighted by atomic mass is 9.70. The number of aliphatic hydroxyl groups excluding tert-OH is 1. The lowest BCUT2D eigenvalue weighted by molar-refractivity contribution is -0.286. The van der Waals surface area contributed by atoms with Crippen LogP contribution in [0.5, 0.6) is 0 Å². The number of Topliss-reactive ketones (excluding diaryl/α,β-unsaturated/α-hetero) is 1. The maximum Gasteiger partial charge on any atom is 0.335 e. The maximum absolute atomic E-state index is 14.6. The van der Waals surface area contributed by atoms with Gasteiger partial charge in [0, 0.05) is 101 Å². The van der Waals surface area contributed by atoms with Gasteiger partial charge in [0.05, 0.1) is 73.2 Å². The minimum absolute atomic E-state index is 0.00319. The van der Waals surface area contributed by atoms with Gasteiger partial charge in [-0.3, -0.25) is 19.2 Å². The summed E-state index contributed by atoms with van der Waals surface area (Å²) in [6.45, 7) is 14.5. The molecule has 10 aliphatic heterocycles. The van der Waals surface area contributed by atoms with E-state index in [0.717, 1.165) is 68.8 Å². The number of ether oxygens (including phenoxy) is 8. The predicted octanol–water partition coefficient (Wildman–Crippen LogP) is 2.96. The molecule has 12 fully saturated rings. The van der Waals surface area contributed by atoms with E-state index in [4.69, 9.17) is 48.0 Å². The molecule has 0 radical (unpaired) electrons. The quantitative estimate of drug-likeness (QED) is 0.0857. The van der Waals surface area contributed by atoms with Crippen LogP contribution in [0.3, 0.4) is 0 Å². The molecule has 22 atom stereocenters. The molecule has 2 spiro atoms. The first-order chi connectivity index (χ1) is 40.0. The third kappa shape index (κ3) is 12.5. The minimum Gasteiger partial charge on any atom is -0.413 e. The summed E-state index contributed by atoms with van der Waals surface area (Å²) >= 11 is 0. The van der Waals surface area contributed by atoms with Gasteiger partial charge in [-0.05, 0) is 87.2 Å². The van der Waals surface area contributed by atoms with Crippen LogP contribution in [0, 0.1) is 35.5 Å². The van der Waals surface area contributed by atoms with Gasteiger partial charge in [-0.15, -0.1) is 5.10 Å². The van der Waals surface area contributed by atoms with Crippen LogP contribution < -0.4 is 27.0 Å². The number of carbonyl (C=O) groups is 5. The Kier molecular flexibility index (Phi) is 17.9. The lowest BCUT2D eigenvalue weighted by Crippen LogP contribution is -2.66. The zero-order valence-electron chi connectivity index (χ0n) is 49.0. The van der Waals surface area contributed by atoms with E-state index < -0.39 is 92.9 Å². The number of urea groups is 1. The number of primary amides is 1. The molecule has 24 nitrogen and oxygen atoms in total. The highest BCUT2D eigenvalue weighted by Crippen LogP contribution is 2.82. The third-order valence-electron chi connectivity index (χ3n) is 20.0. The van der Waals surface area contributed by atoms with Gasteiger partial charge in [-0.1, -0.05) is 39.0 Å². The van der Waals surface area contributed by atoms with Gasteiger partial charge < -0.3 is 74.4 Å². The van der Waals surface area contributed by atoms with Gasteiger partial charge in [-0.25, -0.2) is 13.2 Å². The van der Waals surface area contributed by atoms with E-state index in [1.54, 1.807) is 21.0 Å². The predicted molar refractivity (Wildman–Crippen MR) is 297 cm³/mol. The zero-order chi connectivity index (χ0) is 59.6. The number of hydrogen-bond donors (Lipinski definition) is 6. The Morgan fingerprint density at radius 1 is 0.881 bits per heavy atom. The van der Waals surface area contributed by atoms with Gasteiger partial charge in [0.15, 0.2) is 5.79 Å². The average Bonchev–Trinajstić information content (AvgIpc) is 1.44. The fraction of sp³-hybridized carbons (Fsp3) is 0.814. The topological polar surface area (TPSA) is 327 Å². The van der Waals surface area contributed by atoms with E-state index >= 15 is 0 Å². The van der Waals surface area contributed by atoms with Crippen molar-refractivity contribution in [1.29, 1.82) is 0 Å². The van der Waals surface area contributed by atoms with Crippen molar-refractivity contribution in [2.45, 2.75) is 244 Å². The number of nitrogens with two attached hydrogens (primary N) is 1. The number of methoxy groups -OCH3 is 1. The molecular formula is C59H87N7O17S. The number of ketones is 1. The van der Waals surface area contributed by atoms with Crippen LogP contribution in [0.25, 0.3) is 0 Å². The fourth-order valence-electron chi connectivity index (χ4n) is 15.8. The van der Waals surface area contributed by atoms with E-state index in [-0.39, 0.29) is 149 Å². The number of sulfone groups is 1. The second kappa shape index (κ2) is 24.6. The van der Waals surface area contributed by atoms with E-state index in [1.165, 1.54) is 0 Å². The molecule has 25 heteroatoms. The molecule has 84 heavy (non-hydrogen) atoms. The van der Waals surface area contributed by atoms with Crippen LogP contribution in [-0.2, 0) is 73.3 Å². The van der Waals surface area contributed by atoms with Crippen LogP contribution in [0.4, 0.5) is 4.79 Å². The van der Waals surface area contributed by atoms with E-state index in [2.05, 4.69) is 51.5 Å². The summed E-state index contributed by atoms with van der Waals surface area (Å²) in [6.07, 6.45) is 4.61. The summed E-state index contributed by atoms with van der Waals surface area (Å²) in [4.78, 5) is 67.1. The van der Waals surface area contributed by atoms with Gasteiger partial charge >= 0.3 is 11.3 Å². The number of amides is 5. The molecule has 5 amide bonds. The summed E-state index contributed by atoms with van der Waals surface area (Å²) < 4.78 is 83.6. The van der Waals surface area contributed by atoms with Crippen molar-refractivity contribution >= 4 is 39.4 Å². The molecule has 2 aliphatic carbocycles. The Morgan fingerprint density at radius 2 is 1.65 bits per heavy atom. The monoisotopic (exact) mass is 1200 g/mol. The molecule has 1 aromatic rings. The first kappa shape index (κ1) is 61.2. The average molecular weight is 1200 g/mol. The Bertz CT molecular complexity index is 2780. The summed E-state index contributed by atoms with van der Waals surface area (Å²) in [6, 6.07) is -2.97. The lowest BCUT2D eigenvalue weighted by Gasteiger charge is -2.54. The Morgan fingerprint density at radius 3 is 2.40 bits per heavy atom. The molecule has 10 saturated heterocycles. The number of rotatable bonds is 19. The number of nitrogens with zero attached hydrogens (tertiary/aromatic N) is 2. The highest BCUT2D eigenvalue weighted by Gasteiger charge is 2.93. The minimum atomic E-state index is -3.70. The molecule has 1 aromatic heterocycles. The summed E-state index contributed by atoms with van der Waals surface area (Å²) in [5.41, 5.74) is 7.08. The number of hydrogen-bond acceptors (Lipinski definition) is 19. The first-order valence-corrected chi connectivity index (χ1v) is 32.6. The van der Waals surface area contributed by atoms with Crippen molar-refractivity contribution in [2.75, 3.05) is 26.5 Å². The van der Waals surface area contributed by atoms with Crippen LogP contribution in [0.1, 0.15) is 136 Å². The number of fused-ring (bicyclic) bond motifs is 6. The normalized spacial score (nSPS) is 39.7. The molecule has 466 valence electrons. The van der Waals surface area contributed by atoms with Crippen molar-refractivity contribution < 1.29 is 79.8 Å². The summed E-state index contributed by atoms with van der Waals surface area (Å²) in [5, 5.41) is 29.2. The van der Waals surface area contributed by atoms with Crippen molar-refractivity contribution in [1.82, 2.24) is 31.5 Å². The molecular weight excluding hydrogens is 1110 g/mol. The first-order valence-electron chi connectivity index (χ1n) is 30.7. The second-order valence-electron chi connectivity index (χ2n) is 26.2. The molecule has 7 N–H and O–H groups in total. The Balaban J connectivity index is 0.751. The van der Waals surface area contributed by atoms with Gasteiger partial charge in [0.2, 0.25) is 33.4 Å². The van der Waals surface area contributed by atoms with E-state index in [1.807, 2.05) is 0 Å². The zero-order valence-corrected chi connectivity index (χ0v) is 49.9. The third-order valence-corrected chi connectivity index (χ3v) is 20.8. The molecule has 13 bridgehead atoms. The summed E-state index contributed by atoms with van der Waals surface area (Å²) in [5.74, 6) is -2.07. The van der Waals surface area contributed by atoms with Gasteiger partial charge in [0.25, 0.3) is 0 Å². The highest BCUT2D eigenvalue weighted by atomic mass is 32.2. The van der Waals surface area contributed by atoms with Gasteiger partial charge in [0.1, 0.15) is 29.6 Å². The van der Waals surface area contributed by atoms with Crippen molar-refractivity contribution in [3.8, 4) is 0 Å². The molecule has 11 heterocycles. The summed E-state index contributed by atoms with van der Waals surface area (Å²) in [7, 11) is -2.12. The van der Waals surface area contributed by atoms with E-state index in [9.17, 15) is 37.5 Å². The second-order valence-corrected chi connectivity index (χ2v) is 28.1. The molecule has 2 unspecified atom stereocenters. The number of aryl methyl sites for hydroxylation is 1. The molecule has 13 rings (SSSR count). The fourth-order valence-corrected chi connectivity index (χ4v) is 16.3. The SMILES string of the molecule is C=C1C[C@@H]2CC[C@@]34C[C@H]5C6[C@@H]7C(O[C@H]8CC[C@H](CC(=O)C[C@@H]9[C@@H](OC)[C@@H](C[C@H](O)CNC(=O)[C@H](CCCNC(N)=O)NC(=O)[C@@H](NC(=O)CCCc%10nnc(S(C)(=O)=O)o%10)C(C)C)O[C@H]9C[C@H]9O[C@@H](CC[C@@H]1O2)C[C@@H](C)C9=C)O[C@@H]8[C@@H]7O3)[C@@]65O4. The van der Waals surface area contributed by atoms with Crippen LogP contribution in [-0.4, -0.2) is 183 Å². The highest BCUT2D eigenvalue weighted by molar-refractivity contribution is 7.90. The smallest absolute Gasteiger partial charge is 0.335 e. The Hall–Kier alpha value is -4.44. The number of aromatic nitrogens is 2. The van der Waals surface area contributed by atoms with Crippen LogP contribution >= 0.6 is 0 Å². The molecule has 12 aliphatic rings. The van der Waals surface area contributed by atoms with Crippen molar-refractivity contribution in [3.63, 3.8) is 0 Å². The number of aliphatic hydroxyl groups is 1. The van der Waals surface area contributed by atoms with Crippen LogP contribution in [0.15, 0.2) is 33.9 Å². The number of carbonyl (C=O) groups excluding carboxylic acids is 5. The Labute approximate surface area is 491 Å². The number of nitrogens with one attached hydrogen (secondary N) is 4. The maximum atomic E-state index is 14.6. The van der Waals surface area contributed by atoms with Crippen molar-refractivity contribution in [3.05, 3.63) is 30.2 Å². The van der Waals surface area contributed by atoms with Crippen molar-refractivity contribution in [2.24, 2.45) is 41.2 Å². The van der Waals surface area contributed by atoms with Crippen LogP contribution in [0.2, 0.25) is 0 Å². The standard InChI is InChI=1S/C59H87N7O17S/c1-28(2)49(64-45(69)11-8-12-46-65-66-57(81-46)84(7,73)74)55(71)63-39(10-9-19-61-56(60)72)54(70)62-27-33(68)24-44-50(75-6)37-23-32(67)22-35-14-16-41-51(78-35)52-47-48-38-26-58(82-52,83-59(38,48)53(47)80-41)18-17-36-21-30(4)40(76-36)15-13-34-20-29(3)31(5)42(77-34)25-43(37)79-44/h28-29,33-44,47-53,68H,4-5,8-27H2,1-3,6-7H3,(H,62,70)(H,63,71)(H,64,69)(H3,60,61,72)/t29-,33+,34+,35-,36+,37+,38+,39+,40+,41+,42-,43+,44-,47+,48?,49+,50-,51+,52-,53?,58-,59+/m1/s1. The molecule has 2 saturated carbocycles. The van der Waals surface area contributed by atoms with E-state index in [0.29, 0.717) is 24.7 Å². The largest absolute Gasteiger partial charge is 0.413 e. The van der Waals surface area contributed by atoms with Gasteiger partial charge in [-0.2, -0.15) is 0 Å².